The van der Waals surface area contributed by atoms with Crippen molar-refractivity contribution in [1.29, 1.82) is 0 Å². The molecule has 0 aromatic heterocycles. The van der Waals surface area contributed by atoms with Crippen molar-refractivity contribution in [2.24, 2.45) is 0 Å². The quantitative estimate of drug-likeness (QED) is 0.856. The molecule has 1 saturated heterocycles. The van der Waals surface area contributed by atoms with Crippen LogP contribution in [0.3, 0.4) is 0 Å². The first-order valence-electron chi connectivity index (χ1n) is 9.32. The van der Waals surface area contributed by atoms with Gasteiger partial charge in [-0.3, -0.25) is 4.90 Å². The van der Waals surface area contributed by atoms with Crippen LogP contribution in [0.4, 0.5) is 0 Å². The summed E-state index contributed by atoms with van der Waals surface area (Å²) in [5.41, 5.74) is 2.38. The summed E-state index contributed by atoms with van der Waals surface area (Å²) in [5.74, 6) is 0.846. The molecule has 1 atom stereocenters. The molecular weight excluding hydrogens is 316 g/mol. The minimum Gasteiger partial charge on any atom is -0.491 e. The van der Waals surface area contributed by atoms with Crippen LogP contribution in [0, 0.1) is 0 Å². The van der Waals surface area contributed by atoms with Crippen LogP contribution in [0.15, 0.2) is 18.2 Å². The van der Waals surface area contributed by atoms with Crippen LogP contribution in [0.5, 0.6) is 5.75 Å². The molecule has 2 aliphatic rings. The summed E-state index contributed by atoms with van der Waals surface area (Å²) in [5, 5.41) is 21.9. The minimum atomic E-state index is -0.572. The van der Waals surface area contributed by atoms with Crippen LogP contribution in [0.25, 0.3) is 0 Å². The normalized spacial score (nSPS) is 24.1. The number of piperazine rings is 1. The summed E-state index contributed by atoms with van der Waals surface area (Å²) >= 11 is 0. The van der Waals surface area contributed by atoms with Gasteiger partial charge in [0.1, 0.15) is 18.5 Å². The number of aryl methyl sites for hydroxylation is 2. The molecule has 1 aromatic rings. The van der Waals surface area contributed by atoms with Crippen molar-refractivity contribution in [2.75, 3.05) is 26.2 Å². The Morgan fingerprint density at radius 3 is 2.40 bits per heavy atom. The van der Waals surface area contributed by atoms with E-state index in [-0.39, 0.29) is 17.7 Å². The highest BCUT2D eigenvalue weighted by Gasteiger charge is 2.44. The van der Waals surface area contributed by atoms with Gasteiger partial charge >= 0.3 is 0 Å². The van der Waals surface area contributed by atoms with Gasteiger partial charge in [0.25, 0.3) is 0 Å². The lowest BCUT2D eigenvalue weighted by molar-refractivity contribution is -0.198. The van der Waals surface area contributed by atoms with Gasteiger partial charge in [0, 0.05) is 30.7 Å². The molecule has 0 saturated carbocycles. The van der Waals surface area contributed by atoms with Crippen molar-refractivity contribution in [2.45, 2.75) is 64.1 Å². The van der Waals surface area contributed by atoms with E-state index in [1.165, 1.54) is 29.0 Å². The van der Waals surface area contributed by atoms with Crippen LogP contribution >= 0.6 is 0 Å². The van der Waals surface area contributed by atoms with Crippen molar-refractivity contribution in [3.05, 3.63) is 29.3 Å². The number of hydrogen-bond donors (Lipinski definition) is 2. The number of aliphatic hydroxyl groups is 1. The predicted molar refractivity (Wildman–Crippen MR) is 98.2 cm³/mol. The van der Waals surface area contributed by atoms with Gasteiger partial charge in [0.2, 0.25) is 0 Å². The fourth-order valence-corrected chi connectivity index (χ4v) is 4.53. The maximum atomic E-state index is 10.5. The van der Waals surface area contributed by atoms with Gasteiger partial charge < -0.3 is 15.1 Å². The maximum absolute atomic E-state index is 10.5. The fraction of sp³-hybridized carbons (Fsp3) is 0.700. The fourth-order valence-electron chi connectivity index (χ4n) is 4.53. The maximum Gasteiger partial charge on any atom is 0.119 e. The SMILES string of the molecule is CC1(C)CN(O)CC(C)(C)N1CC(O)COc1ccc2c(c1)CCC2. The van der Waals surface area contributed by atoms with Crippen LogP contribution in [0.1, 0.15) is 45.2 Å². The zero-order valence-electron chi connectivity index (χ0n) is 16.0. The first-order valence-corrected chi connectivity index (χ1v) is 9.32. The van der Waals surface area contributed by atoms with Gasteiger partial charge in [-0.05, 0) is 70.2 Å². The van der Waals surface area contributed by atoms with E-state index in [4.69, 9.17) is 4.74 Å². The van der Waals surface area contributed by atoms with Gasteiger partial charge in [0.05, 0.1) is 0 Å². The number of benzene rings is 1. The number of aliphatic hydroxyl groups excluding tert-OH is 1. The summed E-state index contributed by atoms with van der Waals surface area (Å²) < 4.78 is 5.86. The molecule has 0 spiro atoms. The Morgan fingerprint density at radius 1 is 1.08 bits per heavy atom. The topological polar surface area (TPSA) is 56.2 Å². The van der Waals surface area contributed by atoms with Crippen LogP contribution < -0.4 is 4.74 Å². The number of fused-ring (bicyclic) bond motifs is 1. The van der Waals surface area contributed by atoms with Crippen molar-refractivity contribution in [3.8, 4) is 5.75 Å². The molecule has 1 heterocycles. The van der Waals surface area contributed by atoms with E-state index in [1.54, 1.807) is 0 Å². The molecule has 1 aromatic carbocycles. The van der Waals surface area contributed by atoms with Gasteiger partial charge in [-0.25, -0.2) is 0 Å². The minimum absolute atomic E-state index is 0.217. The second-order valence-corrected chi connectivity index (χ2v) is 8.81. The molecule has 140 valence electrons. The number of ether oxygens (including phenoxy) is 1. The lowest BCUT2D eigenvalue weighted by Gasteiger charge is -2.55. The summed E-state index contributed by atoms with van der Waals surface area (Å²) in [7, 11) is 0. The smallest absolute Gasteiger partial charge is 0.119 e. The van der Waals surface area contributed by atoms with Crippen LogP contribution in [0.2, 0.25) is 0 Å². The van der Waals surface area contributed by atoms with E-state index in [9.17, 15) is 10.3 Å². The van der Waals surface area contributed by atoms with Crippen molar-refractivity contribution < 1.29 is 15.1 Å². The number of rotatable bonds is 5. The monoisotopic (exact) mass is 348 g/mol. The zero-order chi connectivity index (χ0) is 18.2. The van der Waals surface area contributed by atoms with Crippen LogP contribution in [-0.4, -0.2) is 63.7 Å². The number of nitrogens with zero attached hydrogens (tertiary/aromatic N) is 2. The molecule has 5 heteroatoms. The molecule has 1 unspecified atom stereocenters. The van der Waals surface area contributed by atoms with Crippen molar-refractivity contribution >= 4 is 0 Å². The highest BCUT2D eigenvalue weighted by Crippen LogP contribution is 2.32. The van der Waals surface area contributed by atoms with E-state index in [0.29, 0.717) is 19.6 Å². The van der Waals surface area contributed by atoms with Gasteiger partial charge in [-0.15, -0.1) is 0 Å². The van der Waals surface area contributed by atoms with E-state index in [1.807, 2.05) is 6.07 Å². The molecular formula is C20H32N2O3. The van der Waals surface area contributed by atoms with Gasteiger partial charge in [-0.1, -0.05) is 6.07 Å². The zero-order valence-corrected chi connectivity index (χ0v) is 16.0. The second-order valence-electron chi connectivity index (χ2n) is 8.81. The summed E-state index contributed by atoms with van der Waals surface area (Å²) in [6, 6.07) is 6.28. The Labute approximate surface area is 151 Å². The third-order valence-corrected chi connectivity index (χ3v) is 5.51. The molecule has 1 aliphatic carbocycles. The van der Waals surface area contributed by atoms with Crippen molar-refractivity contribution in [3.63, 3.8) is 0 Å². The second kappa shape index (κ2) is 6.88. The Balaban J connectivity index is 1.59. The molecule has 2 N–H and O–H groups in total. The average molecular weight is 348 g/mol. The largest absolute Gasteiger partial charge is 0.491 e. The third kappa shape index (κ3) is 4.17. The molecule has 5 nitrogen and oxygen atoms in total. The number of hydroxylamine groups is 2. The van der Waals surface area contributed by atoms with E-state index < -0.39 is 6.10 Å². The summed E-state index contributed by atoms with van der Waals surface area (Å²) in [6.07, 6.45) is 2.95. The average Bonchev–Trinajstić information content (AvgIpc) is 2.95. The number of β-amino-alcohol motifs (C(OH)–C–C–N with tert-alkyl or cyclic N) is 1. The Kier molecular flexibility index (Phi) is 5.13. The molecule has 1 fully saturated rings. The number of hydrogen-bond acceptors (Lipinski definition) is 5. The molecule has 0 bridgehead atoms. The molecule has 25 heavy (non-hydrogen) atoms. The summed E-state index contributed by atoms with van der Waals surface area (Å²) in [6.45, 7) is 10.3. The Hall–Kier alpha value is -1.14. The predicted octanol–water partition coefficient (Wildman–Crippen LogP) is 2.48. The standard InChI is InChI=1S/C20H32N2O3/c1-19(2)13-21(24)14-20(3,4)22(19)11-17(23)12-25-18-9-8-15-6-5-7-16(15)10-18/h8-10,17,23-24H,5-7,11-14H2,1-4H3. The first-order chi connectivity index (χ1) is 11.7. The van der Waals surface area contributed by atoms with Crippen LogP contribution in [-0.2, 0) is 12.8 Å². The highest BCUT2D eigenvalue weighted by atomic mass is 16.5. The van der Waals surface area contributed by atoms with E-state index in [0.717, 1.165) is 12.2 Å². The molecule has 3 rings (SSSR count). The van der Waals surface area contributed by atoms with Gasteiger partial charge in [-0.2, -0.15) is 5.06 Å². The van der Waals surface area contributed by atoms with Gasteiger partial charge in [0.15, 0.2) is 0 Å². The Bertz CT molecular complexity index is 597. The molecule has 0 radical (unpaired) electrons. The highest BCUT2D eigenvalue weighted by molar-refractivity contribution is 5.38. The lowest BCUT2D eigenvalue weighted by atomic mass is 9.88. The Morgan fingerprint density at radius 2 is 1.72 bits per heavy atom. The third-order valence-electron chi connectivity index (χ3n) is 5.51. The molecule has 0 amide bonds. The lowest BCUT2D eigenvalue weighted by Crippen LogP contribution is -2.69. The first kappa shape index (κ1) is 18.6. The van der Waals surface area contributed by atoms with Crippen molar-refractivity contribution in [1.82, 2.24) is 9.96 Å². The summed E-state index contributed by atoms with van der Waals surface area (Å²) in [4.78, 5) is 2.28. The van der Waals surface area contributed by atoms with E-state index >= 15 is 0 Å². The van der Waals surface area contributed by atoms with E-state index in [2.05, 4.69) is 44.7 Å². The molecule has 1 aliphatic heterocycles.